The summed E-state index contributed by atoms with van der Waals surface area (Å²) < 4.78 is 1.96. The van der Waals surface area contributed by atoms with Gasteiger partial charge in [0.05, 0.1) is 0 Å². The van der Waals surface area contributed by atoms with Crippen molar-refractivity contribution < 1.29 is 0 Å². The second-order valence-corrected chi connectivity index (χ2v) is 5.89. The van der Waals surface area contributed by atoms with Crippen LogP contribution in [0.2, 0.25) is 0 Å². The molecule has 1 aliphatic rings. The average molecular weight is 270 g/mol. The molecular weight excluding hydrogens is 248 g/mol. The van der Waals surface area contributed by atoms with Gasteiger partial charge in [0.2, 0.25) is 0 Å². The highest BCUT2D eigenvalue weighted by Crippen LogP contribution is 2.32. The lowest BCUT2D eigenvalue weighted by molar-refractivity contribution is 0.286. The van der Waals surface area contributed by atoms with Gasteiger partial charge >= 0.3 is 0 Å². The van der Waals surface area contributed by atoms with Crippen molar-refractivity contribution in [2.75, 3.05) is 5.32 Å². The van der Waals surface area contributed by atoms with Crippen LogP contribution in [-0.2, 0) is 7.05 Å². The lowest BCUT2D eigenvalue weighted by Crippen LogP contribution is -2.23. The van der Waals surface area contributed by atoms with Crippen LogP contribution in [0.1, 0.15) is 32.6 Å². The van der Waals surface area contributed by atoms with E-state index in [4.69, 9.17) is 0 Å². The van der Waals surface area contributed by atoms with Crippen molar-refractivity contribution in [3.63, 3.8) is 0 Å². The second kappa shape index (κ2) is 5.65. The van der Waals surface area contributed by atoms with Crippen LogP contribution in [0.3, 0.4) is 0 Å². The molecule has 20 heavy (non-hydrogen) atoms. The van der Waals surface area contributed by atoms with E-state index in [0.29, 0.717) is 6.04 Å². The molecule has 1 heterocycles. The van der Waals surface area contributed by atoms with Crippen LogP contribution in [0, 0.1) is 5.92 Å². The molecule has 1 aliphatic carbocycles. The van der Waals surface area contributed by atoms with E-state index in [-0.39, 0.29) is 0 Å². The standard InChI is InChI=1S/C16H22N4/c1-12(10-13-6-5-7-13)18-15-9-4-3-8-14(15)16-19-17-11-20(16)2/h3-4,8-9,11-13,18H,5-7,10H2,1-2H3. The largest absolute Gasteiger partial charge is 0.382 e. The number of benzene rings is 1. The van der Waals surface area contributed by atoms with E-state index in [1.54, 1.807) is 6.33 Å². The van der Waals surface area contributed by atoms with Crippen molar-refractivity contribution in [2.45, 2.75) is 38.6 Å². The molecule has 4 heteroatoms. The third-order valence-corrected chi connectivity index (χ3v) is 4.19. The fourth-order valence-electron chi connectivity index (χ4n) is 2.88. The van der Waals surface area contributed by atoms with Gasteiger partial charge in [-0.2, -0.15) is 0 Å². The third kappa shape index (κ3) is 2.69. The monoisotopic (exact) mass is 270 g/mol. The van der Waals surface area contributed by atoms with Gasteiger partial charge in [-0.05, 0) is 31.4 Å². The Bertz CT molecular complexity index is 571. The molecule has 0 spiro atoms. The Balaban J connectivity index is 1.77. The Morgan fingerprint density at radius 3 is 2.80 bits per heavy atom. The summed E-state index contributed by atoms with van der Waals surface area (Å²) in [5, 5.41) is 11.8. The van der Waals surface area contributed by atoms with Crippen LogP contribution in [0.5, 0.6) is 0 Å². The third-order valence-electron chi connectivity index (χ3n) is 4.19. The van der Waals surface area contributed by atoms with Gasteiger partial charge in [-0.25, -0.2) is 0 Å². The molecule has 1 N–H and O–H groups in total. The molecule has 0 bridgehead atoms. The molecule has 0 aliphatic heterocycles. The lowest BCUT2D eigenvalue weighted by Gasteiger charge is -2.29. The molecule has 3 rings (SSSR count). The van der Waals surface area contributed by atoms with Crippen LogP contribution in [0.25, 0.3) is 11.4 Å². The maximum Gasteiger partial charge on any atom is 0.165 e. The van der Waals surface area contributed by atoms with Crippen molar-refractivity contribution in [3.8, 4) is 11.4 Å². The van der Waals surface area contributed by atoms with Crippen LogP contribution < -0.4 is 5.32 Å². The summed E-state index contributed by atoms with van der Waals surface area (Å²) in [6, 6.07) is 8.84. The van der Waals surface area contributed by atoms with E-state index in [2.05, 4.69) is 40.6 Å². The quantitative estimate of drug-likeness (QED) is 0.904. The van der Waals surface area contributed by atoms with Gasteiger partial charge in [0.1, 0.15) is 6.33 Å². The van der Waals surface area contributed by atoms with Crippen molar-refractivity contribution in [1.29, 1.82) is 0 Å². The molecule has 0 saturated heterocycles. The first kappa shape index (κ1) is 13.2. The van der Waals surface area contributed by atoms with Gasteiger partial charge in [-0.1, -0.05) is 31.4 Å². The van der Waals surface area contributed by atoms with E-state index in [1.807, 2.05) is 17.7 Å². The van der Waals surface area contributed by atoms with Gasteiger partial charge in [-0.3, -0.25) is 0 Å². The molecular formula is C16H22N4. The number of aromatic nitrogens is 3. The number of aryl methyl sites for hydroxylation is 1. The normalized spacial score (nSPS) is 16.7. The number of hydrogen-bond donors (Lipinski definition) is 1. The minimum Gasteiger partial charge on any atom is -0.382 e. The van der Waals surface area contributed by atoms with E-state index in [9.17, 15) is 0 Å². The van der Waals surface area contributed by atoms with Crippen LogP contribution in [0.15, 0.2) is 30.6 Å². The highest BCUT2D eigenvalue weighted by molar-refractivity contribution is 5.73. The molecule has 1 atom stereocenters. The first-order chi connectivity index (χ1) is 9.74. The topological polar surface area (TPSA) is 42.7 Å². The van der Waals surface area contributed by atoms with E-state index < -0.39 is 0 Å². The van der Waals surface area contributed by atoms with Crippen molar-refractivity contribution in [3.05, 3.63) is 30.6 Å². The minimum atomic E-state index is 0.495. The highest BCUT2D eigenvalue weighted by atomic mass is 15.2. The van der Waals surface area contributed by atoms with E-state index in [0.717, 1.165) is 23.0 Å². The van der Waals surface area contributed by atoms with E-state index in [1.165, 1.54) is 25.7 Å². The number of nitrogens with one attached hydrogen (secondary N) is 1. The highest BCUT2D eigenvalue weighted by Gasteiger charge is 2.20. The summed E-state index contributed by atoms with van der Waals surface area (Å²) in [5.74, 6) is 1.82. The molecule has 4 nitrogen and oxygen atoms in total. The molecule has 0 amide bonds. The zero-order valence-corrected chi connectivity index (χ0v) is 12.2. The summed E-state index contributed by atoms with van der Waals surface area (Å²) in [6.45, 7) is 2.27. The molecule has 0 radical (unpaired) electrons. The Labute approximate surface area is 120 Å². The first-order valence-electron chi connectivity index (χ1n) is 7.44. The average Bonchev–Trinajstić information content (AvgIpc) is 2.81. The van der Waals surface area contributed by atoms with Crippen LogP contribution in [-0.4, -0.2) is 20.8 Å². The van der Waals surface area contributed by atoms with Crippen LogP contribution >= 0.6 is 0 Å². The molecule has 1 aromatic carbocycles. The Morgan fingerprint density at radius 1 is 1.35 bits per heavy atom. The fourth-order valence-corrected chi connectivity index (χ4v) is 2.88. The summed E-state index contributed by atoms with van der Waals surface area (Å²) in [5.41, 5.74) is 2.27. The number of anilines is 1. The fraction of sp³-hybridized carbons (Fsp3) is 0.500. The van der Waals surface area contributed by atoms with Crippen molar-refractivity contribution in [2.24, 2.45) is 13.0 Å². The molecule has 1 fully saturated rings. The Kier molecular flexibility index (Phi) is 3.72. The predicted octanol–water partition coefficient (Wildman–Crippen LogP) is 3.47. The number of rotatable bonds is 5. The van der Waals surface area contributed by atoms with Gasteiger partial charge < -0.3 is 9.88 Å². The molecule has 1 saturated carbocycles. The predicted molar refractivity (Wildman–Crippen MR) is 81.5 cm³/mol. The summed E-state index contributed by atoms with van der Waals surface area (Å²) in [7, 11) is 1.98. The molecule has 1 aromatic heterocycles. The Hall–Kier alpha value is -1.84. The van der Waals surface area contributed by atoms with Crippen molar-refractivity contribution >= 4 is 5.69 Å². The summed E-state index contributed by atoms with van der Waals surface area (Å²) in [6.07, 6.45) is 7.21. The van der Waals surface area contributed by atoms with Crippen LogP contribution in [0.4, 0.5) is 5.69 Å². The lowest BCUT2D eigenvalue weighted by atomic mass is 9.81. The second-order valence-electron chi connectivity index (χ2n) is 5.89. The van der Waals surface area contributed by atoms with Crippen molar-refractivity contribution in [1.82, 2.24) is 14.8 Å². The number of nitrogens with zero attached hydrogens (tertiary/aromatic N) is 3. The number of para-hydroxylation sites is 1. The molecule has 2 aromatic rings. The van der Waals surface area contributed by atoms with Gasteiger partial charge in [0, 0.05) is 24.3 Å². The first-order valence-corrected chi connectivity index (χ1v) is 7.44. The summed E-state index contributed by atoms with van der Waals surface area (Å²) >= 11 is 0. The van der Waals surface area contributed by atoms with E-state index >= 15 is 0 Å². The molecule has 1 unspecified atom stereocenters. The SMILES string of the molecule is CC(CC1CCC1)Nc1ccccc1-c1nncn1C. The van der Waals surface area contributed by atoms with Gasteiger partial charge in [0.15, 0.2) is 5.82 Å². The van der Waals surface area contributed by atoms with Gasteiger partial charge in [0.25, 0.3) is 0 Å². The molecule has 106 valence electrons. The van der Waals surface area contributed by atoms with Gasteiger partial charge in [-0.15, -0.1) is 10.2 Å². The maximum atomic E-state index is 4.22. The number of hydrogen-bond acceptors (Lipinski definition) is 3. The zero-order chi connectivity index (χ0) is 13.9. The maximum absolute atomic E-state index is 4.22. The smallest absolute Gasteiger partial charge is 0.165 e. The Morgan fingerprint density at radius 2 is 2.15 bits per heavy atom. The zero-order valence-electron chi connectivity index (χ0n) is 12.2. The minimum absolute atomic E-state index is 0.495. The summed E-state index contributed by atoms with van der Waals surface area (Å²) in [4.78, 5) is 0.